The van der Waals surface area contributed by atoms with Gasteiger partial charge in [0.05, 0.1) is 5.41 Å². The van der Waals surface area contributed by atoms with Crippen molar-refractivity contribution in [3.63, 3.8) is 0 Å². The Kier molecular flexibility index (Phi) is 5.08. The lowest BCUT2D eigenvalue weighted by atomic mass is 9.48. The first-order valence-electron chi connectivity index (χ1n) is 9.55. The smallest absolute Gasteiger partial charge is 0.317 e. The van der Waals surface area contributed by atoms with E-state index in [-0.39, 0.29) is 36.7 Å². The fourth-order valence-corrected chi connectivity index (χ4v) is 6.33. The highest BCUT2D eigenvalue weighted by molar-refractivity contribution is 7.85. The minimum Gasteiger partial charge on any atom is -0.744 e. The molecule has 4 bridgehead atoms. The van der Waals surface area contributed by atoms with Gasteiger partial charge in [-0.05, 0) is 49.9 Å². The monoisotopic (exact) mass is 465 g/mol. The molecule has 1 aromatic carbocycles. The van der Waals surface area contributed by atoms with Gasteiger partial charge in [-0.1, -0.05) is 0 Å². The summed E-state index contributed by atoms with van der Waals surface area (Å²) in [6.07, 6.45) is 1.76. The van der Waals surface area contributed by atoms with Crippen LogP contribution in [0.15, 0.2) is 4.90 Å². The first kappa shape index (κ1) is 22.0. The maximum atomic E-state index is 14.3. The molecule has 0 N–H and O–H groups in total. The van der Waals surface area contributed by atoms with Crippen LogP contribution in [0.4, 0.5) is 17.6 Å². The molecule has 2 atom stereocenters. The van der Waals surface area contributed by atoms with E-state index in [4.69, 9.17) is 9.47 Å². The van der Waals surface area contributed by atoms with Gasteiger partial charge in [0, 0.05) is 6.92 Å². The molecule has 0 aromatic heterocycles. The van der Waals surface area contributed by atoms with Gasteiger partial charge in [0.2, 0.25) is 17.4 Å². The summed E-state index contributed by atoms with van der Waals surface area (Å²) in [6.45, 7) is 1.27. The maximum absolute atomic E-state index is 14.3. The van der Waals surface area contributed by atoms with Crippen molar-refractivity contribution >= 4 is 22.1 Å². The van der Waals surface area contributed by atoms with Crippen LogP contribution in [0.25, 0.3) is 0 Å². The Morgan fingerprint density at radius 3 is 1.94 bits per heavy atom. The number of ether oxygens (including phenoxy) is 2. The summed E-state index contributed by atoms with van der Waals surface area (Å²) in [5, 5.41) is 0. The van der Waals surface area contributed by atoms with Crippen molar-refractivity contribution in [2.75, 3.05) is 0 Å². The largest absolute Gasteiger partial charge is 0.744 e. The molecule has 4 aliphatic rings. The van der Waals surface area contributed by atoms with E-state index in [2.05, 4.69) is 0 Å². The molecule has 12 heteroatoms. The highest BCUT2D eigenvalue weighted by Gasteiger charge is 2.60. The summed E-state index contributed by atoms with van der Waals surface area (Å²) < 4.78 is 99.4. The van der Waals surface area contributed by atoms with Crippen molar-refractivity contribution in [1.82, 2.24) is 0 Å². The third-order valence-electron chi connectivity index (χ3n) is 6.55. The lowest BCUT2D eigenvalue weighted by molar-refractivity contribution is -0.189. The number of halogens is 4. The summed E-state index contributed by atoms with van der Waals surface area (Å²) >= 11 is 0. The van der Waals surface area contributed by atoms with Crippen LogP contribution in [0.3, 0.4) is 0 Å². The summed E-state index contributed by atoms with van der Waals surface area (Å²) in [7, 11) is -5.87. The summed E-state index contributed by atoms with van der Waals surface area (Å²) in [5.41, 5.74) is -1.18. The summed E-state index contributed by atoms with van der Waals surface area (Å²) in [5.74, 6) is -13.0. The van der Waals surface area contributed by atoms with Crippen LogP contribution in [-0.2, 0) is 24.4 Å². The number of hydrogen-bond acceptors (Lipinski definition) is 7. The number of hydrogen-bond donors (Lipinski definition) is 0. The van der Waals surface area contributed by atoms with E-state index in [1.165, 1.54) is 6.92 Å². The van der Waals surface area contributed by atoms with E-state index in [0.717, 1.165) is 0 Å². The maximum Gasteiger partial charge on any atom is 0.317 e. The fourth-order valence-electron chi connectivity index (χ4n) is 5.71. The number of carbonyl (C=O) groups excluding carboxylic acids is 2. The average molecular weight is 465 g/mol. The van der Waals surface area contributed by atoms with Gasteiger partial charge in [-0.3, -0.25) is 9.59 Å². The van der Waals surface area contributed by atoms with Crippen LogP contribution in [0, 0.1) is 46.4 Å². The Balaban J connectivity index is 1.65. The van der Waals surface area contributed by atoms with E-state index in [1.54, 1.807) is 0 Å². The molecule has 2 unspecified atom stereocenters. The molecule has 4 saturated carbocycles. The van der Waals surface area contributed by atoms with Crippen LogP contribution in [0.2, 0.25) is 0 Å². The molecule has 1 aromatic rings. The SMILES string of the molecule is CC(=O)OC1C2CC3CC1CC(C(=O)Oc1c(F)c(F)c(S(=O)(=O)[O-])c(F)c1F)(C3)C2. The Morgan fingerprint density at radius 2 is 1.48 bits per heavy atom. The Bertz CT molecular complexity index is 1040. The number of esters is 2. The van der Waals surface area contributed by atoms with Crippen molar-refractivity contribution in [2.24, 2.45) is 23.2 Å². The number of rotatable bonds is 4. The second kappa shape index (κ2) is 7.16. The second-order valence-corrected chi connectivity index (χ2v) is 9.90. The van der Waals surface area contributed by atoms with Gasteiger partial charge in [0.1, 0.15) is 21.1 Å². The van der Waals surface area contributed by atoms with Crippen molar-refractivity contribution in [2.45, 2.75) is 50.0 Å². The van der Waals surface area contributed by atoms with Gasteiger partial charge >= 0.3 is 11.9 Å². The van der Waals surface area contributed by atoms with Crippen molar-refractivity contribution in [3.8, 4) is 5.75 Å². The molecule has 170 valence electrons. The second-order valence-electron chi connectivity index (χ2n) is 8.58. The molecule has 0 spiro atoms. The van der Waals surface area contributed by atoms with E-state index in [0.29, 0.717) is 19.3 Å². The Morgan fingerprint density at radius 1 is 0.968 bits per heavy atom. The molecule has 0 radical (unpaired) electrons. The van der Waals surface area contributed by atoms with Crippen LogP contribution in [0.5, 0.6) is 5.75 Å². The fraction of sp³-hybridized carbons (Fsp3) is 0.579. The molecule has 0 heterocycles. The Labute approximate surface area is 174 Å². The molecule has 31 heavy (non-hydrogen) atoms. The minimum absolute atomic E-state index is 0.0907. The first-order chi connectivity index (χ1) is 14.3. The zero-order valence-electron chi connectivity index (χ0n) is 16.1. The number of benzene rings is 1. The highest BCUT2D eigenvalue weighted by atomic mass is 32.2. The van der Waals surface area contributed by atoms with Crippen LogP contribution >= 0.6 is 0 Å². The average Bonchev–Trinajstić information content (AvgIpc) is 2.64. The van der Waals surface area contributed by atoms with E-state index in [1.807, 2.05) is 0 Å². The van der Waals surface area contributed by atoms with Crippen molar-refractivity contribution < 1.29 is 49.6 Å². The highest BCUT2D eigenvalue weighted by Crippen LogP contribution is 2.61. The van der Waals surface area contributed by atoms with Gasteiger partial charge in [-0.2, -0.15) is 8.78 Å². The quantitative estimate of drug-likeness (QED) is 0.221. The van der Waals surface area contributed by atoms with Crippen LogP contribution < -0.4 is 4.74 Å². The third-order valence-corrected chi connectivity index (χ3v) is 7.41. The molecule has 4 aliphatic carbocycles. The van der Waals surface area contributed by atoms with Crippen molar-refractivity contribution in [3.05, 3.63) is 23.3 Å². The van der Waals surface area contributed by atoms with Gasteiger partial charge in [-0.15, -0.1) is 0 Å². The lowest BCUT2D eigenvalue weighted by Gasteiger charge is -2.57. The van der Waals surface area contributed by atoms with E-state index < -0.39 is 61.4 Å². The molecule has 4 fully saturated rings. The molecular formula is C19H17F4O7S-. The lowest BCUT2D eigenvalue weighted by Crippen LogP contribution is -2.58. The summed E-state index contributed by atoms with van der Waals surface area (Å²) in [4.78, 5) is 22.0. The van der Waals surface area contributed by atoms with Gasteiger partial charge < -0.3 is 14.0 Å². The normalized spacial score (nSPS) is 31.5. The Hall–Kier alpha value is -2.21. The molecule has 5 rings (SSSR count). The zero-order chi connectivity index (χ0) is 22.9. The minimum atomic E-state index is -5.87. The predicted octanol–water partition coefficient (Wildman–Crippen LogP) is 2.81. The third kappa shape index (κ3) is 3.49. The molecular weight excluding hydrogens is 448 g/mol. The standard InChI is InChI=1S/C19H18F4O7S/c1-7(24)29-15-9-2-8-3-10(15)6-19(4-8,5-9)18(25)30-16-11(20)13(22)17(31(26,27)28)14(23)12(16)21/h8-10,15H,2-6H2,1H3,(H,26,27,28)/p-1. The molecule has 7 nitrogen and oxygen atoms in total. The predicted molar refractivity (Wildman–Crippen MR) is 91.4 cm³/mol. The number of carbonyl (C=O) groups is 2. The van der Waals surface area contributed by atoms with Crippen molar-refractivity contribution in [1.29, 1.82) is 0 Å². The molecule has 0 aliphatic heterocycles. The van der Waals surface area contributed by atoms with Gasteiger partial charge in [-0.25, -0.2) is 17.2 Å². The van der Waals surface area contributed by atoms with Crippen LogP contribution in [0.1, 0.15) is 39.0 Å². The molecule has 0 saturated heterocycles. The van der Waals surface area contributed by atoms with E-state index in [9.17, 15) is 40.1 Å². The first-order valence-corrected chi connectivity index (χ1v) is 11.0. The van der Waals surface area contributed by atoms with Gasteiger partial charge in [0.15, 0.2) is 11.6 Å². The summed E-state index contributed by atoms with van der Waals surface area (Å²) in [6, 6.07) is 0. The zero-order valence-corrected chi connectivity index (χ0v) is 16.9. The van der Waals surface area contributed by atoms with Gasteiger partial charge in [0.25, 0.3) is 0 Å². The topological polar surface area (TPSA) is 110 Å². The molecule has 0 amide bonds. The van der Waals surface area contributed by atoms with Crippen LogP contribution in [-0.4, -0.2) is 31.0 Å². The van der Waals surface area contributed by atoms with E-state index >= 15 is 0 Å².